The minimum atomic E-state index is -0.785. The summed E-state index contributed by atoms with van der Waals surface area (Å²) in [6.07, 6.45) is 0.734. The van der Waals surface area contributed by atoms with Crippen molar-refractivity contribution in [1.29, 1.82) is 0 Å². The van der Waals surface area contributed by atoms with Crippen molar-refractivity contribution < 1.29 is 8.78 Å². The fraction of sp³-hybridized carbons (Fsp3) is 0.500. The average Bonchev–Trinajstić information content (AvgIpc) is 2.28. The third-order valence-corrected chi connectivity index (χ3v) is 2.51. The maximum absolute atomic E-state index is 12.9. The molecule has 0 bridgehead atoms. The van der Waals surface area contributed by atoms with Gasteiger partial charge < -0.3 is 10.2 Å². The summed E-state index contributed by atoms with van der Waals surface area (Å²) >= 11 is 0. The first-order valence-corrected chi connectivity index (χ1v) is 5.40. The van der Waals surface area contributed by atoms with Crippen LogP contribution in [0, 0.1) is 11.6 Å². The standard InChI is InChI=1S/C12H18F2N2/c1-15-6-8-16(2)7-5-10-3-4-11(13)12(14)9-10/h3-4,9,15H,5-8H2,1-2H3. The van der Waals surface area contributed by atoms with Gasteiger partial charge in [-0.3, -0.25) is 0 Å². The fourth-order valence-corrected chi connectivity index (χ4v) is 1.43. The molecule has 0 radical (unpaired) electrons. The van der Waals surface area contributed by atoms with Gasteiger partial charge in [-0.1, -0.05) is 6.07 Å². The second-order valence-electron chi connectivity index (χ2n) is 3.91. The average molecular weight is 228 g/mol. The molecule has 0 fully saturated rings. The zero-order valence-electron chi connectivity index (χ0n) is 9.76. The molecule has 0 aliphatic carbocycles. The molecule has 0 aliphatic rings. The normalized spacial score (nSPS) is 11.1. The molecule has 0 heterocycles. The molecule has 0 amide bonds. The van der Waals surface area contributed by atoms with Crippen LogP contribution < -0.4 is 5.32 Å². The van der Waals surface area contributed by atoms with Gasteiger partial charge in [-0.05, 0) is 38.2 Å². The summed E-state index contributed by atoms with van der Waals surface area (Å²) in [5.41, 5.74) is 0.829. The van der Waals surface area contributed by atoms with Gasteiger partial charge in [0.2, 0.25) is 0 Å². The maximum atomic E-state index is 12.9. The lowest BCUT2D eigenvalue weighted by molar-refractivity contribution is 0.339. The first-order chi connectivity index (χ1) is 7.63. The van der Waals surface area contributed by atoms with E-state index in [0.29, 0.717) is 0 Å². The highest BCUT2D eigenvalue weighted by molar-refractivity contribution is 5.18. The summed E-state index contributed by atoms with van der Waals surface area (Å²) < 4.78 is 25.6. The van der Waals surface area contributed by atoms with Crippen LogP contribution in [0.25, 0.3) is 0 Å². The van der Waals surface area contributed by atoms with E-state index in [9.17, 15) is 8.78 Å². The molecule has 4 heteroatoms. The van der Waals surface area contributed by atoms with E-state index < -0.39 is 11.6 Å². The van der Waals surface area contributed by atoms with Crippen molar-refractivity contribution in [2.24, 2.45) is 0 Å². The van der Waals surface area contributed by atoms with Gasteiger partial charge in [0.1, 0.15) is 0 Å². The number of rotatable bonds is 6. The van der Waals surface area contributed by atoms with E-state index >= 15 is 0 Å². The molecule has 0 atom stereocenters. The van der Waals surface area contributed by atoms with E-state index in [-0.39, 0.29) is 0 Å². The van der Waals surface area contributed by atoms with Gasteiger partial charge in [-0.25, -0.2) is 8.78 Å². The summed E-state index contributed by atoms with van der Waals surface area (Å²) in [6, 6.07) is 4.07. The van der Waals surface area contributed by atoms with Crippen molar-refractivity contribution in [2.75, 3.05) is 33.7 Å². The zero-order chi connectivity index (χ0) is 12.0. The maximum Gasteiger partial charge on any atom is 0.159 e. The number of hydrogen-bond donors (Lipinski definition) is 1. The van der Waals surface area contributed by atoms with E-state index in [2.05, 4.69) is 10.2 Å². The Hall–Kier alpha value is -1.00. The molecule has 1 rings (SSSR count). The van der Waals surface area contributed by atoms with Crippen LogP contribution >= 0.6 is 0 Å². The highest BCUT2D eigenvalue weighted by atomic mass is 19.2. The number of hydrogen-bond acceptors (Lipinski definition) is 2. The molecule has 0 unspecified atom stereocenters. The highest BCUT2D eigenvalue weighted by Gasteiger charge is 2.03. The molecule has 0 spiro atoms. The number of likely N-dealkylation sites (N-methyl/N-ethyl adjacent to an activating group) is 2. The van der Waals surface area contributed by atoms with E-state index in [1.54, 1.807) is 6.07 Å². The third-order valence-electron chi connectivity index (χ3n) is 2.51. The SMILES string of the molecule is CNCCN(C)CCc1ccc(F)c(F)c1. The molecular weight excluding hydrogens is 210 g/mol. The van der Waals surface area contributed by atoms with E-state index in [4.69, 9.17) is 0 Å². The predicted octanol–water partition coefficient (Wildman–Crippen LogP) is 1.66. The minimum absolute atomic E-state index is 0.734. The topological polar surface area (TPSA) is 15.3 Å². The molecular formula is C12H18F2N2. The Morgan fingerprint density at radius 3 is 2.56 bits per heavy atom. The Balaban J connectivity index is 2.39. The van der Waals surface area contributed by atoms with Gasteiger partial charge >= 0.3 is 0 Å². The van der Waals surface area contributed by atoms with Crippen LogP contribution in [0.15, 0.2) is 18.2 Å². The van der Waals surface area contributed by atoms with Gasteiger partial charge in [0.15, 0.2) is 11.6 Å². The summed E-state index contributed by atoms with van der Waals surface area (Å²) in [6.45, 7) is 2.71. The molecule has 0 aromatic heterocycles. The molecule has 2 nitrogen and oxygen atoms in total. The third kappa shape index (κ3) is 4.24. The second kappa shape index (κ2) is 6.55. The van der Waals surface area contributed by atoms with Crippen molar-refractivity contribution >= 4 is 0 Å². The lowest BCUT2D eigenvalue weighted by atomic mass is 10.1. The molecule has 90 valence electrons. The quantitative estimate of drug-likeness (QED) is 0.796. The minimum Gasteiger partial charge on any atom is -0.318 e. The van der Waals surface area contributed by atoms with Crippen LogP contribution in [0.5, 0.6) is 0 Å². The Labute approximate surface area is 95.3 Å². The molecule has 0 saturated carbocycles. The summed E-state index contributed by atoms with van der Waals surface area (Å²) in [5, 5.41) is 3.06. The molecule has 1 aromatic carbocycles. The zero-order valence-corrected chi connectivity index (χ0v) is 9.76. The monoisotopic (exact) mass is 228 g/mol. The van der Waals surface area contributed by atoms with Crippen molar-refractivity contribution in [3.05, 3.63) is 35.4 Å². The van der Waals surface area contributed by atoms with Gasteiger partial charge in [-0.2, -0.15) is 0 Å². The summed E-state index contributed by atoms with van der Waals surface area (Å²) in [5.74, 6) is -1.55. The first-order valence-electron chi connectivity index (χ1n) is 5.40. The van der Waals surface area contributed by atoms with Crippen LogP contribution in [0.1, 0.15) is 5.56 Å². The van der Waals surface area contributed by atoms with Gasteiger partial charge in [-0.15, -0.1) is 0 Å². The second-order valence-corrected chi connectivity index (χ2v) is 3.91. The van der Waals surface area contributed by atoms with Crippen molar-refractivity contribution in [3.63, 3.8) is 0 Å². The van der Waals surface area contributed by atoms with Gasteiger partial charge in [0.25, 0.3) is 0 Å². The number of halogens is 2. The molecule has 0 aliphatic heterocycles. The Morgan fingerprint density at radius 1 is 1.19 bits per heavy atom. The van der Waals surface area contributed by atoms with Gasteiger partial charge in [0.05, 0.1) is 0 Å². The predicted molar refractivity (Wildman–Crippen MR) is 61.5 cm³/mol. The van der Waals surface area contributed by atoms with E-state index in [1.807, 2.05) is 14.1 Å². The van der Waals surface area contributed by atoms with E-state index in [1.165, 1.54) is 12.1 Å². The highest BCUT2D eigenvalue weighted by Crippen LogP contribution is 2.09. The summed E-state index contributed by atoms with van der Waals surface area (Å²) in [7, 11) is 3.92. The Morgan fingerprint density at radius 2 is 1.94 bits per heavy atom. The number of nitrogens with zero attached hydrogens (tertiary/aromatic N) is 1. The first kappa shape index (κ1) is 13.1. The van der Waals surface area contributed by atoms with Gasteiger partial charge in [0, 0.05) is 19.6 Å². The molecule has 1 N–H and O–H groups in total. The smallest absolute Gasteiger partial charge is 0.159 e. The molecule has 16 heavy (non-hydrogen) atoms. The van der Waals surface area contributed by atoms with Crippen LogP contribution in [0.3, 0.4) is 0 Å². The summed E-state index contributed by atoms with van der Waals surface area (Å²) in [4.78, 5) is 2.15. The Kier molecular flexibility index (Phi) is 5.35. The van der Waals surface area contributed by atoms with Crippen LogP contribution in [0.4, 0.5) is 8.78 Å². The number of nitrogens with one attached hydrogen (secondary N) is 1. The Bertz CT molecular complexity index is 329. The van der Waals surface area contributed by atoms with Crippen molar-refractivity contribution in [1.82, 2.24) is 10.2 Å². The lowest BCUT2D eigenvalue weighted by Crippen LogP contribution is -2.29. The van der Waals surface area contributed by atoms with Crippen LogP contribution in [-0.4, -0.2) is 38.6 Å². The fourth-order valence-electron chi connectivity index (χ4n) is 1.43. The lowest BCUT2D eigenvalue weighted by Gasteiger charge is -2.16. The van der Waals surface area contributed by atoms with Crippen molar-refractivity contribution in [3.8, 4) is 0 Å². The molecule has 1 aromatic rings. The van der Waals surface area contributed by atoms with Crippen molar-refractivity contribution in [2.45, 2.75) is 6.42 Å². The van der Waals surface area contributed by atoms with Crippen LogP contribution in [-0.2, 0) is 6.42 Å². The molecule has 0 saturated heterocycles. The largest absolute Gasteiger partial charge is 0.318 e. The number of benzene rings is 1. The van der Waals surface area contributed by atoms with E-state index in [0.717, 1.165) is 31.6 Å². The van der Waals surface area contributed by atoms with Crippen LogP contribution in [0.2, 0.25) is 0 Å².